The van der Waals surface area contributed by atoms with Crippen LogP contribution in [-0.2, 0) is 9.59 Å². The molecular formula is C18H19N3O5. The molecule has 0 heterocycles. The molecule has 26 heavy (non-hydrogen) atoms. The highest BCUT2D eigenvalue weighted by atomic mass is 16.5. The number of hydrazone groups is 1. The average molecular weight is 357 g/mol. The molecule has 0 saturated carbocycles. The number of methoxy groups -OCH3 is 1. The summed E-state index contributed by atoms with van der Waals surface area (Å²) in [5.74, 6) is -1.26. The van der Waals surface area contributed by atoms with Crippen molar-refractivity contribution in [2.45, 2.75) is 6.92 Å². The topological polar surface area (TPSA) is 109 Å². The molecule has 0 fully saturated rings. The molecule has 3 N–H and O–H groups in total. The zero-order valence-electron chi connectivity index (χ0n) is 14.4. The molecule has 0 aliphatic rings. The summed E-state index contributed by atoms with van der Waals surface area (Å²) in [7, 11) is 1.42. The molecule has 136 valence electrons. The number of phenols is 1. The highest BCUT2D eigenvalue weighted by molar-refractivity contribution is 6.39. The van der Waals surface area contributed by atoms with E-state index >= 15 is 0 Å². The van der Waals surface area contributed by atoms with E-state index in [1.807, 2.05) is 6.92 Å². The number of anilines is 1. The number of rotatable bonds is 6. The number of carbonyl (C=O) groups excluding carboxylic acids is 2. The Morgan fingerprint density at radius 1 is 1.12 bits per heavy atom. The van der Waals surface area contributed by atoms with Gasteiger partial charge in [-0.05, 0) is 31.2 Å². The van der Waals surface area contributed by atoms with Crippen molar-refractivity contribution in [3.63, 3.8) is 0 Å². The van der Waals surface area contributed by atoms with Gasteiger partial charge in [-0.25, -0.2) is 5.43 Å². The van der Waals surface area contributed by atoms with Crippen LogP contribution in [-0.4, -0.2) is 36.9 Å². The molecule has 0 saturated heterocycles. The van der Waals surface area contributed by atoms with Crippen molar-refractivity contribution >= 4 is 23.7 Å². The second kappa shape index (κ2) is 9.07. The Hall–Kier alpha value is -3.55. The van der Waals surface area contributed by atoms with Crippen LogP contribution in [0.1, 0.15) is 12.5 Å². The van der Waals surface area contributed by atoms with Crippen molar-refractivity contribution in [2.75, 3.05) is 19.0 Å². The number of hydrogen-bond donors (Lipinski definition) is 3. The van der Waals surface area contributed by atoms with E-state index in [1.165, 1.54) is 13.3 Å². The van der Waals surface area contributed by atoms with Crippen molar-refractivity contribution in [1.29, 1.82) is 0 Å². The lowest BCUT2D eigenvalue weighted by Crippen LogP contribution is -2.32. The standard InChI is InChI=1S/C18H19N3O5/c1-3-26-14-9-5-4-8-13(14)20-17(23)18(24)21-19-11-12-7-6-10-15(25-2)16(12)22/h4-11,22H,3H2,1-2H3,(H,20,23)(H,21,24)/b19-11-. The van der Waals surface area contributed by atoms with E-state index in [9.17, 15) is 14.7 Å². The summed E-state index contributed by atoms with van der Waals surface area (Å²) >= 11 is 0. The number of para-hydroxylation sites is 3. The second-order valence-electron chi connectivity index (χ2n) is 4.98. The zero-order valence-corrected chi connectivity index (χ0v) is 14.4. The van der Waals surface area contributed by atoms with Crippen LogP contribution in [0.15, 0.2) is 47.6 Å². The van der Waals surface area contributed by atoms with Gasteiger partial charge in [0.05, 0.1) is 25.6 Å². The summed E-state index contributed by atoms with van der Waals surface area (Å²) in [5, 5.41) is 16.0. The van der Waals surface area contributed by atoms with Crippen molar-refractivity contribution in [2.24, 2.45) is 5.10 Å². The molecule has 0 spiro atoms. The minimum atomic E-state index is -0.963. The molecule has 8 heteroatoms. The van der Waals surface area contributed by atoms with E-state index < -0.39 is 11.8 Å². The minimum absolute atomic E-state index is 0.122. The Morgan fingerprint density at radius 2 is 1.85 bits per heavy atom. The molecule has 2 aromatic carbocycles. The number of benzene rings is 2. The lowest BCUT2D eigenvalue weighted by atomic mass is 10.2. The van der Waals surface area contributed by atoms with Crippen LogP contribution < -0.4 is 20.2 Å². The summed E-state index contributed by atoms with van der Waals surface area (Å²) in [4.78, 5) is 23.8. The summed E-state index contributed by atoms with van der Waals surface area (Å²) in [6, 6.07) is 11.6. The number of nitrogens with one attached hydrogen (secondary N) is 2. The molecule has 0 aliphatic carbocycles. The Bertz CT molecular complexity index is 820. The van der Waals surface area contributed by atoms with Gasteiger partial charge in [0.25, 0.3) is 0 Å². The van der Waals surface area contributed by atoms with E-state index in [0.29, 0.717) is 23.6 Å². The third-order valence-electron chi connectivity index (χ3n) is 3.26. The van der Waals surface area contributed by atoms with Crippen molar-refractivity contribution in [1.82, 2.24) is 5.43 Å². The Balaban J connectivity index is 1.99. The van der Waals surface area contributed by atoms with Crippen molar-refractivity contribution < 1.29 is 24.2 Å². The van der Waals surface area contributed by atoms with E-state index in [-0.39, 0.29) is 11.5 Å². The highest BCUT2D eigenvalue weighted by Gasteiger charge is 2.15. The van der Waals surface area contributed by atoms with Gasteiger partial charge >= 0.3 is 11.8 Å². The van der Waals surface area contributed by atoms with Gasteiger partial charge in [-0.1, -0.05) is 18.2 Å². The minimum Gasteiger partial charge on any atom is -0.504 e. The van der Waals surface area contributed by atoms with Gasteiger partial charge in [0.2, 0.25) is 0 Å². The quantitative estimate of drug-likeness (QED) is 0.415. The van der Waals surface area contributed by atoms with E-state index in [1.54, 1.807) is 42.5 Å². The van der Waals surface area contributed by atoms with Crippen LogP contribution >= 0.6 is 0 Å². The first-order valence-corrected chi connectivity index (χ1v) is 7.79. The SMILES string of the molecule is CCOc1ccccc1NC(=O)C(=O)N/N=C\c1cccc(OC)c1O. The molecule has 2 amide bonds. The normalized spacial score (nSPS) is 10.4. The molecular weight excluding hydrogens is 338 g/mol. The van der Waals surface area contributed by atoms with Crippen LogP contribution in [0.2, 0.25) is 0 Å². The number of carbonyl (C=O) groups is 2. The van der Waals surface area contributed by atoms with Crippen LogP contribution in [0.5, 0.6) is 17.2 Å². The molecule has 2 aromatic rings. The Morgan fingerprint density at radius 3 is 2.58 bits per heavy atom. The number of phenolic OH excluding ortho intramolecular Hbond substituents is 1. The van der Waals surface area contributed by atoms with Crippen LogP contribution in [0, 0.1) is 0 Å². The van der Waals surface area contributed by atoms with E-state index in [2.05, 4.69) is 15.8 Å². The largest absolute Gasteiger partial charge is 0.504 e. The summed E-state index contributed by atoms with van der Waals surface area (Å²) < 4.78 is 10.3. The van der Waals surface area contributed by atoms with Crippen molar-refractivity contribution in [3.05, 3.63) is 48.0 Å². The van der Waals surface area contributed by atoms with Crippen LogP contribution in [0.4, 0.5) is 5.69 Å². The molecule has 0 bridgehead atoms. The zero-order chi connectivity index (χ0) is 18.9. The highest BCUT2D eigenvalue weighted by Crippen LogP contribution is 2.28. The third kappa shape index (κ3) is 4.73. The first-order chi connectivity index (χ1) is 12.6. The maximum atomic E-state index is 12.0. The van der Waals surface area contributed by atoms with Gasteiger partial charge in [0.1, 0.15) is 5.75 Å². The first kappa shape index (κ1) is 18.8. The number of aromatic hydroxyl groups is 1. The van der Waals surface area contributed by atoms with E-state index in [4.69, 9.17) is 9.47 Å². The smallest absolute Gasteiger partial charge is 0.329 e. The van der Waals surface area contributed by atoms with E-state index in [0.717, 1.165) is 0 Å². The number of nitrogens with zero attached hydrogens (tertiary/aromatic N) is 1. The summed E-state index contributed by atoms with van der Waals surface area (Å²) in [5.41, 5.74) is 2.80. The molecule has 0 unspecified atom stereocenters. The van der Waals surface area contributed by atoms with Crippen LogP contribution in [0.3, 0.4) is 0 Å². The van der Waals surface area contributed by atoms with Gasteiger partial charge in [-0.15, -0.1) is 0 Å². The van der Waals surface area contributed by atoms with Gasteiger partial charge in [-0.3, -0.25) is 9.59 Å². The Kier molecular flexibility index (Phi) is 6.55. The maximum Gasteiger partial charge on any atom is 0.329 e. The fourth-order valence-corrected chi connectivity index (χ4v) is 2.05. The number of amides is 2. The Labute approximate surface area is 150 Å². The molecule has 2 rings (SSSR count). The number of hydrogen-bond acceptors (Lipinski definition) is 6. The lowest BCUT2D eigenvalue weighted by Gasteiger charge is -2.10. The molecule has 0 aliphatic heterocycles. The fraction of sp³-hybridized carbons (Fsp3) is 0.167. The molecule has 0 aromatic heterocycles. The maximum absolute atomic E-state index is 12.0. The lowest BCUT2D eigenvalue weighted by molar-refractivity contribution is -0.136. The third-order valence-corrected chi connectivity index (χ3v) is 3.26. The average Bonchev–Trinajstić information content (AvgIpc) is 2.64. The summed E-state index contributed by atoms with van der Waals surface area (Å²) in [6.45, 7) is 2.24. The molecule has 8 nitrogen and oxygen atoms in total. The monoisotopic (exact) mass is 357 g/mol. The van der Waals surface area contributed by atoms with Gasteiger partial charge in [-0.2, -0.15) is 5.10 Å². The predicted molar refractivity (Wildman–Crippen MR) is 96.6 cm³/mol. The second-order valence-corrected chi connectivity index (χ2v) is 4.98. The van der Waals surface area contributed by atoms with Gasteiger partial charge in [0.15, 0.2) is 11.5 Å². The van der Waals surface area contributed by atoms with Crippen molar-refractivity contribution in [3.8, 4) is 17.2 Å². The van der Waals surface area contributed by atoms with Gasteiger partial charge in [0, 0.05) is 5.56 Å². The summed E-state index contributed by atoms with van der Waals surface area (Å²) in [6.07, 6.45) is 1.21. The van der Waals surface area contributed by atoms with Gasteiger partial charge < -0.3 is 19.9 Å². The predicted octanol–water partition coefficient (Wildman–Crippen LogP) is 1.89. The molecule has 0 atom stereocenters. The van der Waals surface area contributed by atoms with Crippen LogP contribution in [0.25, 0.3) is 0 Å². The fourth-order valence-electron chi connectivity index (χ4n) is 2.05. The molecule has 0 radical (unpaired) electrons. The number of ether oxygens (including phenoxy) is 2. The first-order valence-electron chi connectivity index (χ1n) is 7.79.